The molecular weight excluding hydrogens is 200 g/mol. The van der Waals surface area contributed by atoms with Crippen LogP contribution in [0.5, 0.6) is 0 Å². The van der Waals surface area contributed by atoms with Gasteiger partial charge in [-0.3, -0.25) is 0 Å². The van der Waals surface area contributed by atoms with Crippen molar-refractivity contribution >= 4 is 24.0 Å². The molecule has 1 N–H and O–H groups in total. The Bertz CT molecular complexity index is 253. The fourth-order valence-electron chi connectivity index (χ4n) is 0.869. The molecule has 0 fully saturated rings. The predicted molar refractivity (Wildman–Crippen MR) is 51.4 cm³/mol. The molecule has 1 aromatic carbocycles. The van der Waals surface area contributed by atoms with E-state index in [9.17, 15) is 4.39 Å². The van der Waals surface area contributed by atoms with Crippen molar-refractivity contribution in [2.24, 2.45) is 0 Å². The quantitative estimate of drug-likeness (QED) is 0.791. The number of hydrogen-bond acceptors (Lipinski definition) is 1. The van der Waals surface area contributed by atoms with Crippen LogP contribution in [0.2, 0.25) is 5.02 Å². The molecule has 0 aromatic heterocycles. The van der Waals surface area contributed by atoms with Crippen LogP contribution >= 0.6 is 24.0 Å². The first-order valence-corrected chi connectivity index (χ1v) is 3.70. The Morgan fingerprint density at radius 1 is 1.50 bits per heavy atom. The number of hydrogen-bond donors (Lipinski definition) is 1. The SMILES string of the molecule is CNCc1cc(Cl)ccc1F.Cl. The average Bonchev–Trinajstić information content (AvgIpc) is 1.98. The van der Waals surface area contributed by atoms with Gasteiger partial charge in [-0.1, -0.05) is 11.6 Å². The summed E-state index contributed by atoms with van der Waals surface area (Å²) in [6.07, 6.45) is 0. The lowest BCUT2D eigenvalue weighted by atomic mass is 10.2. The molecule has 0 bridgehead atoms. The fraction of sp³-hybridized carbons (Fsp3) is 0.250. The molecule has 0 saturated heterocycles. The minimum Gasteiger partial charge on any atom is -0.316 e. The zero-order chi connectivity index (χ0) is 8.27. The Hall–Kier alpha value is -0.310. The maximum Gasteiger partial charge on any atom is 0.127 e. The highest BCUT2D eigenvalue weighted by Crippen LogP contribution is 2.14. The van der Waals surface area contributed by atoms with Crippen LogP contribution in [0.3, 0.4) is 0 Å². The molecular formula is C8H10Cl2FN. The smallest absolute Gasteiger partial charge is 0.127 e. The highest BCUT2D eigenvalue weighted by Gasteiger charge is 2.00. The van der Waals surface area contributed by atoms with Crippen molar-refractivity contribution in [2.75, 3.05) is 7.05 Å². The van der Waals surface area contributed by atoms with E-state index in [4.69, 9.17) is 11.6 Å². The second-order valence-corrected chi connectivity index (χ2v) is 2.70. The molecule has 0 radical (unpaired) electrons. The lowest BCUT2D eigenvalue weighted by Gasteiger charge is -2.01. The summed E-state index contributed by atoms with van der Waals surface area (Å²) in [6, 6.07) is 4.53. The Labute approximate surface area is 82.3 Å². The second-order valence-electron chi connectivity index (χ2n) is 2.27. The standard InChI is InChI=1S/C8H9ClFN.ClH/c1-11-5-6-4-7(9)2-3-8(6)10;/h2-4,11H,5H2,1H3;1H. The van der Waals surface area contributed by atoms with Gasteiger partial charge in [-0.05, 0) is 25.2 Å². The highest BCUT2D eigenvalue weighted by atomic mass is 35.5. The van der Waals surface area contributed by atoms with Crippen LogP contribution < -0.4 is 5.32 Å². The number of benzene rings is 1. The molecule has 0 aliphatic rings. The van der Waals surface area contributed by atoms with E-state index in [1.165, 1.54) is 12.1 Å². The molecule has 1 aromatic rings. The molecule has 0 amide bonds. The maximum absolute atomic E-state index is 12.9. The highest BCUT2D eigenvalue weighted by molar-refractivity contribution is 6.30. The summed E-state index contributed by atoms with van der Waals surface area (Å²) in [5, 5.41) is 3.42. The van der Waals surface area contributed by atoms with Crippen LogP contribution in [0.4, 0.5) is 4.39 Å². The van der Waals surface area contributed by atoms with E-state index in [0.29, 0.717) is 17.1 Å². The third kappa shape index (κ3) is 2.97. The first-order chi connectivity index (χ1) is 5.24. The van der Waals surface area contributed by atoms with E-state index in [-0.39, 0.29) is 18.2 Å². The zero-order valence-electron chi connectivity index (χ0n) is 6.60. The number of rotatable bonds is 2. The van der Waals surface area contributed by atoms with Crippen molar-refractivity contribution in [3.63, 3.8) is 0 Å². The summed E-state index contributed by atoms with van der Waals surface area (Å²) in [5.74, 6) is -0.219. The Balaban J connectivity index is 0.00000121. The van der Waals surface area contributed by atoms with Gasteiger partial charge in [0.2, 0.25) is 0 Å². The van der Waals surface area contributed by atoms with E-state index in [0.717, 1.165) is 0 Å². The molecule has 0 saturated carbocycles. The minimum absolute atomic E-state index is 0. The van der Waals surface area contributed by atoms with Gasteiger partial charge in [0.1, 0.15) is 5.82 Å². The van der Waals surface area contributed by atoms with E-state index in [2.05, 4.69) is 5.32 Å². The zero-order valence-corrected chi connectivity index (χ0v) is 8.18. The molecule has 0 unspecified atom stereocenters. The number of nitrogens with one attached hydrogen (secondary N) is 1. The fourth-order valence-corrected chi connectivity index (χ4v) is 1.06. The molecule has 0 spiro atoms. The van der Waals surface area contributed by atoms with Gasteiger partial charge in [0, 0.05) is 17.1 Å². The van der Waals surface area contributed by atoms with Crippen molar-refractivity contribution < 1.29 is 4.39 Å². The van der Waals surface area contributed by atoms with Gasteiger partial charge >= 0.3 is 0 Å². The van der Waals surface area contributed by atoms with E-state index in [1.807, 2.05) is 0 Å². The lowest BCUT2D eigenvalue weighted by molar-refractivity contribution is 0.601. The van der Waals surface area contributed by atoms with Crippen molar-refractivity contribution in [3.8, 4) is 0 Å². The van der Waals surface area contributed by atoms with Gasteiger partial charge < -0.3 is 5.32 Å². The molecule has 1 nitrogen and oxygen atoms in total. The molecule has 0 atom stereocenters. The van der Waals surface area contributed by atoms with E-state index >= 15 is 0 Å². The summed E-state index contributed by atoms with van der Waals surface area (Å²) in [5.41, 5.74) is 0.597. The van der Waals surface area contributed by atoms with Crippen LogP contribution in [-0.4, -0.2) is 7.05 Å². The normalized spacial score (nSPS) is 9.25. The summed E-state index contributed by atoms with van der Waals surface area (Å²) < 4.78 is 12.9. The molecule has 0 aliphatic carbocycles. The Morgan fingerprint density at radius 2 is 2.17 bits per heavy atom. The molecule has 0 aliphatic heterocycles. The van der Waals surface area contributed by atoms with E-state index in [1.54, 1.807) is 13.1 Å². The third-order valence-corrected chi connectivity index (χ3v) is 1.61. The average molecular weight is 210 g/mol. The van der Waals surface area contributed by atoms with Crippen molar-refractivity contribution in [2.45, 2.75) is 6.54 Å². The van der Waals surface area contributed by atoms with Gasteiger partial charge in [0.05, 0.1) is 0 Å². The van der Waals surface area contributed by atoms with Gasteiger partial charge in [0.15, 0.2) is 0 Å². The van der Waals surface area contributed by atoms with Crippen LogP contribution in [-0.2, 0) is 6.54 Å². The Kier molecular flexibility index (Phi) is 5.22. The lowest BCUT2D eigenvalue weighted by Crippen LogP contribution is -2.06. The number of halogens is 3. The van der Waals surface area contributed by atoms with E-state index < -0.39 is 0 Å². The van der Waals surface area contributed by atoms with Crippen LogP contribution in [0, 0.1) is 5.82 Å². The van der Waals surface area contributed by atoms with Crippen LogP contribution in [0.15, 0.2) is 18.2 Å². The second kappa shape index (κ2) is 5.36. The van der Waals surface area contributed by atoms with Crippen molar-refractivity contribution in [3.05, 3.63) is 34.6 Å². The molecule has 0 heterocycles. The molecule has 4 heteroatoms. The van der Waals surface area contributed by atoms with Gasteiger partial charge in [-0.25, -0.2) is 4.39 Å². The summed E-state index contributed by atoms with van der Waals surface area (Å²) >= 11 is 5.66. The van der Waals surface area contributed by atoms with Gasteiger partial charge in [0.25, 0.3) is 0 Å². The van der Waals surface area contributed by atoms with Gasteiger partial charge in [-0.15, -0.1) is 12.4 Å². The van der Waals surface area contributed by atoms with Crippen LogP contribution in [0.25, 0.3) is 0 Å². The molecule has 12 heavy (non-hydrogen) atoms. The molecule has 1 rings (SSSR count). The minimum atomic E-state index is -0.219. The molecule has 68 valence electrons. The first-order valence-electron chi connectivity index (χ1n) is 3.32. The maximum atomic E-state index is 12.9. The summed E-state index contributed by atoms with van der Waals surface area (Å²) in [6.45, 7) is 0.506. The first kappa shape index (κ1) is 11.7. The van der Waals surface area contributed by atoms with Crippen molar-refractivity contribution in [1.29, 1.82) is 0 Å². The largest absolute Gasteiger partial charge is 0.316 e. The third-order valence-electron chi connectivity index (χ3n) is 1.37. The summed E-state index contributed by atoms with van der Waals surface area (Å²) in [7, 11) is 1.76. The topological polar surface area (TPSA) is 12.0 Å². The summed E-state index contributed by atoms with van der Waals surface area (Å²) in [4.78, 5) is 0. The van der Waals surface area contributed by atoms with Crippen LogP contribution in [0.1, 0.15) is 5.56 Å². The van der Waals surface area contributed by atoms with Gasteiger partial charge in [-0.2, -0.15) is 0 Å². The predicted octanol–water partition coefficient (Wildman–Crippen LogP) is 2.62. The van der Waals surface area contributed by atoms with Crippen molar-refractivity contribution in [1.82, 2.24) is 5.32 Å². The Morgan fingerprint density at radius 3 is 2.75 bits per heavy atom. The monoisotopic (exact) mass is 209 g/mol.